The molecule has 0 radical (unpaired) electrons. The summed E-state index contributed by atoms with van der Waals surface area (Å²) >= 11 is 12.1. The second-order valence-electron chi connectivity index (χ2n) is 6.67. The summed E-state index contributed by atoms with van der Waals surface area (Å²) < 4.78 is 21.7. The quantitative estimate of drug-likeness (QED) is 0.323. The van der Waals surface area contributed by atoms with Crippen molar-refractivity contribution in [2.75, 3.05) is 21.3 Å². The molecule has 0 aromatic heterocycles. The molecule has 0 spiro atoms. The van der Waals surface area contributed by atoms with Gasteiger partial charge in [-0.25, -0.2) is 5.43 Å². The molecule has 7 nitrogen and oxygen atoms in total. The summed E-state index contributed by atoms with van der Waals surface area (Å²) in [7, 11) is 4.56. The summed E-state index contributed by atoms with van der Waals surface area (Å²) in [6.45, 7) is 0.277. The van der Waals surface area contributed by atoms with E-state index < -0.39 is 0 Å². The molecule has 0 bridgehead atoms. The lowest BCUT2D eigenvalue weighted by atomic mass is 10.2. The third kappa shape index (κ3) is 6.09. The van der Waals surface area contributed by atoms with E-state index in [9.17, 15) is 4.79 Å². The molecule has 172 valence electrons. The number of ether oxygens (including phenoxy) is 4. The maximum Gasteiger partial charge on any atom is 0.271 e. The number of nitrogens with zero attached hydrogens (tertiary/aromatic N) is 1. The monoisotopic (exact) mass is 488 g/mol. The molecule has 1 N–H and O–H groups in total. The smallest absolute Gasteiger partial charge is 0.271 e. The summed E-state index contributed by atoms with van der Waals surface area (Å²) in [6.07, 6.45) is 1.46. The number of hydrogen-bond donors (Lipinski definition) is 1. The van der Waals surface area contributed by atoms with E-state index in [-0.39, 0.29) is 12.5 Å². The van der Waals surface area contributed by atoms with Gasteiger partial charge in [-0.2, -0.15) is 5.10 Å². The number of methoxy groups -OCH3 is 3. The molecule has 0 heterocycles. The van der Waals surface area contributed by atoms with Gasteiger partial charge in [-0.3, -0.25) is 4.79 Å². The van der Waals surface area contributed by atoms with E-state index in [1.54, 1.807) is 54.6 Å². The Morgan fingerprint density at radius 1 is 0.939 bits per heavy atom. The highest BCUT2D eigenvalue weighted by Crippen LogP contribution is 2.39. The summed E-state index contributed by atoms with van der Waals surface area (Å²) in [5.41, 5.74) is 4.33. The van der Waals surface area contributed by atoms with Crippen LogP contribution in [0.15, 0.2) is 59.7 Å². The number of carbonyl (C=O) groups excluding carboxylic acids is 1. The Hall–Kier alpha value is -3.42. The van der Waals surface area contributed by atoms with Gasteiger partial charge >= 0.3 is 0 Å². The Bertz CT molecular complexity index is 1150. The van der Waals surface area contributed by atoms with Crippen LogP contribution in [0.25, 0.3) is 0 Å². The minimum atomic E-state index is -0.377. The molecule has 0 aliphatic carbocycles. The fraction of sp³-hybridized carbons (Fsp3) is 0.167. The number of hydrogen-bond acceptors (Lipinski definition) is 6. The van der Waals surface area contributed by atoms with Crippen LogP contribution in [-0.2, 0) is 6.61 Å². The van der Waals surface area contributed by atoms with Crippen LogP contribution in [0.2, 0.25) is 10.0 Å². The number of benzene rings is 3. The number of amides is 1. The molecular formula is C24H22Cl2N2O5. The van der Waals surface area contributed by atoms with Crippen molar-refractivity contribution in [3.8, 4) is 23.0 Å². The molecule has 0 unspecified atom stereocenters. The fourth-order valence-electron chi connectivity index (χ4n) is 2.95. The zero-order valence-electron chi connectivity index (χ0n) is 18.2. The van der Waals surface area contributed by atoms with E-state index in [1.165, 1.54) is 27.5 Å². The SMILES string of the molecule is COc1ccc(/C=N\NC(=O)c2ccc(OCc3ccc(Cl)cc3Cl)cc2)c(OC)c1OC. The number of rotatable bonds is 9. The molecule has 3 rings (SSSR count). The van der Waals surface area contributed by atoms with Crippen molar-refractivity contribution >= 4 is 35.3 Å². The van der Waals surface area contributed by atoms with Crippen molar-refractivity contribution in [1.29, 1.82) is 0 Å². The molecule has 33 heavy (non-hydrogen) atoms. The molecule has 3 aromatic rings. The van der Waals surface area contributed by atoms with Gasteiger partial charge in [0.15, 0.2) is 11.5 Å². The highest BCUT2D eigenvalue weighted by molar-refractivity contribution is 6.35. The number of nitrogens with one attached hydrogen (secondary N) is 1. The lowest BCUT2D eigenvalue weighted by Crippen LogP contribution is -2.17. The summed E-state index contributed by atoms with van der Waals surface area (Å²) in [4.78, 5) is 12.4. The molecule has 9 heteroatoms. The Balaban J connectivity index is 1.61. The van der Waals surface area contributed by atoms with Crippen LogP contribution in [0.1, 0.15) is 21.5 Å². The van der Waals surface area contributed by atoms with Gasteiger partial charge in [-0.1, -0.05) is 29.3 Å². The lowest BCUT2D eigenvalue weighted by Gasteiger charge is -2.13. The molecule has 1 amide bonds. The van der Waals surface area contributed by atoms with Crippen LogP contribution >= 0.6 is 23.2 Å². The van der Waals surface area contributed by atoms with Crippen molar-refractivity contribution in [2.45, 2.75) is 6.61 Å². The van der Waals surface area contributed by atoms with Gasteiger partial charge in [0.05, 0.1) is 27.5 Å². The minimum Gasteiger partial charge on any atom is -0.493 e. The summed E-state index contributed by atoms with van der Waals surface area (Å²) in [6, 6.07) is 15.3. The largest absolute Gasteiger partial charge is 0.493 e. The highest BCUT2D eigenvalue weighted by Gasteiger charge is 2.14. The van der Waals surface area contributed by atoms with Crippen molar-refractivity contribution in [3.63, 3.8) is 0 Å². The predicted octanol–water partition coefficient (Wildman–Crippen LogP) is 5.36. The normalized spacial score (nSPS) is 10.7. The van der Waals surface area contributed by atoms with E-state index >= 15 is 0 Å². The average molecular weight is 489 g/mol. The van der Waals surface area contributed by atoms with E-state index in [0.717, 1.165) is 5.56 Å². The zero-order valence-corrected chi connectivity index (χ0v) is 19.7. The Kier molecular flexibility index (Phi) is 8.40. The first-order chi connectivity index (χ1) is 16.0. The molecule has 0 atom stereocenters. The standard InChI is InChI=1S/C24H22Cl2N2O5/c1-30-21-11-7-16(22(31-2)23(21)32-3)13-27-28-24(29)15-5-9-19(10-6-15)33-14-17-4-8-18(25)12-20(17)26/h4-13H,14H2,1-3H3,(H,28,29)/b27-13-. The molecule has 0 saturated heterocycles. The third-order valence-electron chi connectivity index (χ3n) is 4.63. The van der Waals surface area contributed by atoms with Gasteiger partial charge in [-0.05, 0) is 48.5 Å². The van der Waals surface area contributed by atoms with Crippen LogP contribution in [0, 0.1) is 0 Å². The molecule has 3 aromatic carbocycles. The van der Waals surface area contributed by atoms with Crippen LogP contribution in [-0.4, -0.2) is 33.5 Å². The maximum absolute atomic E-state index is 12.4. The van der Waals surface area contributed by atoms with Gasteiger partial charge in [0.1, 0.15) is 12.4 Å². The first kappa shape index (κ1) is 24.2. The van der Waals surface area contributed by atoms with Crippen LogP contribution in [0.5, 0.6) is 23.0 Å². The van der Waals surface area contributed by atoms with Crippen LogP contribution in [0.3, 0.4) is 0 Å². The molecule has 0 saturated carbocycles. The molecular weight excluding hydrogens is 467 g/mol. The fourth-order valence-corrected chi connectivity index (χ4v) is 3.42. The predicted molar refractivity (Wildman–Crippen MR) is 128 cm³/mol. The number of halogens is 2. The second kappa shape index (κ2) is 11.4. The summed E-state index contributed by atoms with van der Waals surface area (Å²) in [5.74, 6) is 1.62. The second-order valence-corrected chi connectivity index (χ2v) is 7.52. The van der Waals surface area contributed by atoms with Crippen molar-refractivity contribution in [3.05, 3.63) is 81.3 Å². The highest BCUT2D eigenvalue weighted by atomic mass is 35.5. The summed E-state index contributed by atoms with van der Waals surface area (Å²) in [5, 5.41) is 5.11. The van der Waals surface area contributed by atoms with Gasteiger partial charge in [0.2, 0.25) is 5.75 Å². The number of hydrazone groups is 1. The van der Waals surface area contributed by atoms with Crippen molar-refractivity contribution < 1.29 is 23.7 Å². The third-order valence-corrected chi connectivity index (χ3v) is 5.22. The van der Waals surface area contributed by atoms with E-state index in [0.29, 0.717) is 44.2 Å². The average Bonchev–Trinajstić information content (AvgIpc) is 2.83. The Morgan fingerprint density at radius 2 is 1.67 bits per heavy atom. The lowest BCUT2D eigenvalue weighted by molar-refractivity contribution is 0.0955. The Labute approximate surface area is 201 Å². The van der Waals surface area contributed by atoms with Gasteiger partial charge < -0.3 is 18.9 Å². The van der Waals surface area contributed by atoms with Gasteiger partial charge in [0.25, 0.3) is 5.91 Å². The molecule has 0 aliphatic heterocycles. The van der Waals surface area contributed by atoms with Crippen molar-refractivity contribution in [2.24, 2.45) is 5.10 Å². The van der Waals surface area contributed by atoms with Crippen LogP contribution in [0.4, 0.5) is 0 Å². The maximum atomic E-state index is 12.4. The first-order valence-corrected chi connectivity index (χ1v) is 10.5. The number of carbonyl (C=O) groups is 1. The van der Waals surface area contributed by atoms with E-state index in [2.05, 4.69) is 10.5 Å². The first-order valence-electron chi connectivity index (χ1n) is 9.76. The molecule has 0 fully saturated rings. The zero-order chi connectivity index (χ0) is 23.8. The molecule has 0 aliphatic rings. The van der Waals surface area contributed by atoms with Gasteiger partial charge in [0, 0.05) is 26.7 Å². The van der Waals surface area contributed by atoms with Crippen LogP contribution < -0.4 is 24.4 Å². The minimum absolute atomic E-state index is 0.277. The van der Waals surface area contributed by atoms with E-state index in [4.69, 9.17) is 42.1 Å². The Morgan fingerprint density at radius 3 is 2.30 bits per heavy atom. The topological polar surface area (TPSA) is 78.4 Å². The van der Waals surface area contributed by atoms with Gasteiger partial charge in [-0.15, -0.1) is 0 Å². The van der Waals surface area contributed by atoms with Crippen molar-refractivity contribution in [1.82, 2.24) is 5.43 Å². The van der Waals surface area contributed by atoms with E-state index in [1.807, 2.05) is 0 Å².